The van der Waals surface area contributed by atoms with Gasteiger partial charge in [0.15, 0.2) is 0 Å². The first-order valence-electron chi connectivity index (χ1n) is 5.41. The number of hydrogen-bond donors (Lipinski definition) is 1. The lowest BCUT2D eigenvalue weighted by Gasteiger charge is -2.12. The van der Waals surface area contributed by atoms with E-state index < -0.39 is 6.10 Å². The standard InChI is InChI=1S/C13H14FNOS/c1-8-3-4-10(14)5-11(8)12(16)6-13-15-9(2)7-17-13/h3-5,7,12,16H,6H2,1-2H3. The molecule has 1 heterocycles. The van der Waals surface area contributed by atoms with Crippen molar-refractivity contribution in [2.75, 3.05) is 0 Å². The highest BCUT2D eigenvalue weighted by molar-refractivity contribution is 7.09. The van der Waals surface area contributed by atoms with Crippen LogP contribution in [-0.2, 0) is 6.42 Å². The molecule has 17 heavy (non-hydrogen) atoms. The number of aryl methyl sites for hydroxylation is 2. The van der Waals surface area contributed by atoms with Crippen LogP contribution in [0.4, 0.5) is 4.39 Å². The van der Waals surface area contributed by atoms with Gasteiger partial charge in [-0.15, -0.1) is 11.3 Å². The van der Waals surface area contributed by atoms with Crippen molar-refractivity contribution in [2.24, 2.45) is 0 Å². The van der Waals surface area contributed by atoms with Gasteiger partial charge in [-0.2, -0.15) is 0 Å². The van der Waals surface area contributed by atoms with Crippen molar-refractivity contribution in [3.05, 3.63) is 51.2 Å². The summed E-state index contributed by atoms with van der Waals surface area (Å²) in [5.74, 6) is -0.319. The first-order chi connectivity index (χ1) is 8.06. The average Bonchev–Trinajstić information content (AvgIpc) is 2.67. The molecule has 1 aromatic heterocycles. The van der Waals surface area contributed by atoms with E-state index in [4.69, 9.17) is 0 Å². The monoisotopic (exact) mass is 251 g/mol. The third kappa shape index (κ3) is 2.90. The van der Waals surface area contributed by atoms with Crippen LogP contribution in [-0.4, -0.2) is 10.1 Å². The lowest BCUT2D eigenvalue weighted by molar-refractivity contribution is 0.177. The number of halogens is 1. The fourth-order valence-corrected chi connectivity index (χ4v) is 2.55. The van der Waals surface area contributed by atoms with E-state index >= 15 is 0 Å². The van der Waals surface area contributed by atoms with Gasteiger partial charge >= 0.3 is 0 Å². The summed E-state index contributed by atoms with van der Waals surface area (Å²) in [5.41, 5.74) is 2.48. The first-order valence-corrected chi connectivity index (χ1v) is 6.29. The Kier molecular flexibility index (Phi) is 3.54. The van der Waals surface area contributed by atoms with Crippen molar-refractivity contribution in [2.45, 2.75) is 26.4 Å². The summed E-state index contributed by atoms with van der Waals surface area (Å²) in [7, 11) is 0. The summed E-state index contributed by atoms with van der Waals surface area (Å²) in [6.07, 6.45) is -0.265. The molecule has 1 N–H and O–H groups in total. The molecule has 4 heteroatoms. The van der Waals surface area contributed by atoms with E-state index in [0.717, 1.165) is 16.3 Å². The molecule has 2 nitrogen and oxygen atoms in total. The summed E-state index contributed by atoms with van der Waals surface area (Å²) in [6.45, 7) is 3.78. The number of hydrogen-bond acceptors (Lipinski definition) is 3. The third-order valence-electron chi connectivity index (χ3n) is 2.63. The topological polar surface area (TPSA) is 33.1 Å². The van der Waals surface area contributed by atoms with Crippen LogP contribution < -0.4 is 0 Å². The van der Waals surface area contributed by atoms with E-state index in [1.54, 1.807) is 6.07 Å². The first kappa shape index (κ1) is 12.2. The molecule has 0 spiro atoms. The minimum absolute atomic E-state index is 0.319. The van der Waals surface area contributed by atoms with Crippen LogP contribution in [0.3, 0.4) is 0 Å². The Hall–Kier alpha value is -1.26. The Morgan fingerprint density at radius 3 is 2.82 bits per heavy atom. The summed E-state index contributed by atoms with van der Waals surface area (Å²) >= 11 is 1.52. The van der Waals surface area contributed by atoms with Crippen molar-refractivity contribution in [1.29, 1.82) is 0 Å². The Labute approximate surface area is 104 Å². The van der Waals surface area contributed by atoms with Crippen molar-refractivity contribution >= 4 is 11.3 Å². The van der Waals surface area contributed by atoms with Crippen LogP contribution in [0.5, 0.6) is 0 Å². The quantitative estimate of drug-likeness (QED) is 0.909. The van der Waals surface area contributed by atoms with E-state index in [1.807, 2.05) is 19.2 Å². The molecule has 1 aromatic carbocycles. The number of nitrogens with zero attached hydrogens (tertiary/aromatic N) is 1. The lowest BCUT2D eigenvalue weighted by atomic mass is 10.0. The highest BCUT2D eigenvalue weighted by Gasteiger charge is 2.14. The maximum Gasteiger partial charge on any atom is 0.123 e. The molecule has 2 aromatic rings. The second kappa shape index (κ2) is 4.94. The molecule has 0 bridgehead atoms. The van der Waals surface area contributed by atoms with Gasteiger partial charge in [-0.3, -0.25) is 0 Å². The lowest BCUT2D eigenvalue weighted by Crippen LogP contribution is -2.04. The van der Waals surface area contributed by atoms with Gasteiger partial charge in [-0.25, -0.2) is 9.37 Å². The van der Waals surface area contributed by atoms with Gasteiger partial charge in [0.1, 0.15) is 5.82 Å². The van der Waals surface area contributed by atoms with Gasteiger partial charge in [-0.05, 0) is 37.1 Å². The molecule has 0 aliphatic heterocycles. The fraction of sp³-hybridized carbons (Fsp3) is 0.308. The van der Waals surface area contributed by atoms with Gasteiger partial charge in [0.05, 0.1) is 11.1 Å². The van der Waals surface area contributed by atoms with Crippen LogP contribution in [0.2, 0.25) is 0 Å². The number of aromatic nitrogens is 1. The van der Waals surface area contributed by atoms with E-state index in [2.05, 4.69) is 4.98 Å². The molecule has 2 rings (SSSR count). The second-order valence-corrected chi connectivity index (χ2v) is 5.05. The number of thiazole rings is 1. The molecule has 0 saturated carbocycles. The summed E-state index contributed by atoms with van der Waals surface area (Å²) in [6, 6.07) is 4.47. The summed E-state index contributed by atoms with van der Waals surface area (Å²) in [5, 5.41) is 12.9. The largest absolute Gasteiger partial charge is 0.388 e. The molecular formula is C13H14FNOS. The average molecular weight is 251 g/mol. The maximum atomic E-state index is 13.1. The predicted octanol–water partition coefficient (Wildman–Crippen LogP) is 3.18. The number of aliphatic hydroxyl groups is 1. The van der Waals surface area contributed by atoms with Gasteiger partial charge in [0.2, 0.25) is 0 Å². The number of aliphatic hydroxyl groups excluding tert-OH is 1. The molecule has 90 valence electrons. The normalized spacial score (nSPS) is 12.7. The molecule has 0 aliphatic carbocycles. The van der Waals surface area contributed by atoms with E-state index in [-0.39, 0.29) is 5.82 Å². The number of rotatable bonds is 3. The van der Waals surface area contributed by atoms with Crippen LogP contribution in [0.1, 0.15) is 27.9 Å². The van der Waals surface area contributed by atoms with E-state index in [0.29, 0.717) is 12.0 Å². The SMILES string of the molecule is Cc1csc(CC(O)c2cc(F)ccc2C)n1. The van der Waals surface area contributed by atoms with Crippen LogP contribution >= 0.6 is 11.3 Å². The van der Waals surface area contributed by atoms with Gasteiger partial charge < -0.3 is 5.11 Å². The summed E-state index contributed by atoms with van der Waals surface area (Å²) in [4.78, 5) is 4.29. The summed E-state index contributed by atoms with van der Waals surface area (Å²) < 4.78 is 13.1. The van der Waals surface area contributed by atoms with Crippen molar-refractivity contribution < 1.29 is 9.50 Å². The van der Waals surface area contributed by atoms with Crippen molar-refractivity contribution in [3.8, 4) is 0 Å². The Morgan fingerprint density at radius 2 is 2.18 bits per heavy atom. The highest BCUT2D eigenvalue weighted by atomic mass is 32.1. The van der Waals surface area contributed by atoms with Crippen molar-refractivity contribution in [3.63, 3.8) is 0 Å². The molecule has 0 radical (unpaired) electrons. The molecule has 0 aliphatic rings. The second-order valence-electron chi connectivity index (χ2n) is 4.10. The van der Waals surface area contributed by atoms with Crippen LogP contribution in [0, 0.1) is 19.7 Å². The maximum absolute atomic E-state index is 13.1. The molecule has 1 unspecified atom stereocenters. The third-order valence-corrected chi connectivity index (χ3v) is 3.62. The molecule has 0 amide bonds. The van der Waals surface area contributed by atoms with Crippen LogP contribution in [0.25, 0.3) is 0 Å². The minimum atomic E-state index is -0.698. The van der Waals surface area contributed by atoms with Crippen molar-refractivity contribution in [1.82, 2.24) is 4.98 Å². The Bertz CT molecular complexity index is 524. The van der Waals surface area contributed by atoms with Gasteiger partial charge in [0.25, 0.3) is 0 Å². The number of benzene rings is 1. The Morgan fingerprint density at radius 1 is 1.41 bits per heavy atom. The molecular weight excluding hydrogens is 237 g/mol. The predicted molar refractivity (Wildman–Crippen MR) is 66.7 cm³/mol. The Balaban J connectivity index is 2.19. The van der Waals surface area contributed by atoms with E-state index in [1.165, 1.54) is 23.5 Å². The zero-order chi connectivity index (χ0) is 12.4. The fourth-order valence-electron chi connectivity index (χ4n) is 1.74. The molecule has 1 atom stereocenters. The highest BCUT2D eigenvalue weighted by Crippen LogP contribution is 2.23. The molecule has 0 fully saturated rings. The smallest absolute Gasteiger partial charge is 0.123 e. The van der Waals surface area contributed by atoms with Gasteiger partial charge in [-0.1, -0.05) is 6.07 Å². The molecule has 0 saturated heterocycles. The zero-order valence-electron chi connectivity index (χ0n) is 9.77. The minimum Gasteiger partial charge on any atom is -0.388 e. The zero-order valence-corrected chi connectivity index (χ0v) is 10.6. The van der Waals surface area contributed by atoms with E-state index in [9.17, 15) is 9.50 Å². The van der Waals surface area contributed by atoms with Crippen LogP contribution in [0.15, 0.2) is 23.6 Å². The van der Waals surface area contributed by atoms with Gasteiger partial charge in [0, 0.05) is 17.5 Å².